The van der Waals surface area contributed by atoms with Gasteiger partial charge in [0.05, 0.1) is 11.4 Å². The summed E-state index contributed by atoms with van der Waals surface area (Å²) in [6.45, 7) is 4.36. The number of nitrogens with zero attached hydrogens (tertiary/aromatic N) is 3. The van der Waals surface area contributed by atoms with Crippen LogP contribution in [0, 0.1) is 13.8 Å². The molecule has 7 heteroatoms. The van der Waals surface area contributed by atoms with Crippen LogP contribution in [0.3, 0.4) is 0 Å². The first-order chi connectivity index (χ1) is 14.4. The van der Waals surface area contributed by atoms with Crippen LogP contribution in [-0.2, 0) is 6.61 Å². The van der Waals surface area contributed by atoms with Gasteiger partial charge in [-0.3, -0.25) is 5.01 Å². The van der Waals surface area contributed by atoms with Crippen LogP contribution in [0.1, 0.15) is 41.1 Å². The molecular weight excluding hydrogens is 378 g/mol. The predicted molar refractivity (Wildman–Crippen MR) is 117 cm³/mol. The van der Waals surface area contributed by atoms with Gasteiger partial charge in [0, 0.05) is 24.5 Å². The average Bonchev–Trinajstić information content (AvgIpc) is 3.47. The molecule has 3 aromatic rings. The monoisotopic (exact) mass is 405 g/mol. The fraction of sp³-hybridized carbons (Fsp3) is 0.304. The molecule has 2 amide bonds. The van der Waals surface area contributed by atoms with E-state index in [1.165, 1.54) is 12.6 Å². The van der Waals surface area contributed by atoms with E-state index in [2.05, 4.69) is 22.5 Å². The standard InChI is InChI=1S/C23H27N5O2/c1-15-13-18(28-12-11-16(2)26-28)9-10-22(15)30-14-20-19(17-7-8-17)5-4-6-21(20)25-23(29)27(3)24/h4-6,9-13,17H,7-8,14,24H2,1-3H3,(H,25,29). The number of carbonyl (C=O) groups is 1. The highest BCUT2D eigenvalue weighted by Gasteiger charge is 2.27. The number of rotatable bonds is 6. The van der Waals surface area contributed by atoms with Crippen molar-refractivity contribution < 1.29 is 9.53 Å². The van der Waals surface area contributed by atoms with Gasteiger partial charge in [-0.15, -0.1) is 0 Å². The van der Waals surface area contributed by atoms with Crippen molar-refractivity contribution in [1.82, 2.24) is 14.8 Å². The molecule has 1 aliphatic carbocycles. The number of hydrogen-bond donors (Lipinski definition) is 2. The lowest BCUT2D eigenvalue weighted by Gasteiger charge is -2.19. The van der Waals surface area contributed by atoms with Gasteiger partial charge in [-0.1, -0.05) is 12.1 Å². The molecule has 1 heterocycles. The summed E-state index contributed by atoms with van der Waals surface area (Å²) in [5.74, 6) is 6.91. The number of anilines is 1. The van der Waals surface area contributed by atoms with E-state index < -0.39 is 0 Å². The normalized spacial score (nSPS) is 13.2. The molecule has 0 unspecified atom stereocenters. The highest BCUT2D eigenvalue weighted by atomic mass is 16.5. The Morgan fingerprint density at radius 2 is 2.07 bits per heavy atom. The van der Waals surface area contributed by atoms with Crippen molar-refractivity contribution in [2.75, 3.05) is 12.4 Å². The van der Waals surface area contributed by atoms with Crippen molar-refractivity contribution in [3.05, 3.63) is 71.0 Å². The van der Waals surface area contributed by atoms with Gasteiger partial charge in [-0.2, -0.15) is 5.10 Å². The third kappa shape index (κ3) is 4.31. The van der Waals surface area contributed by atoms with Crippen LogP contribution in [0.4, 0.5) is 10.5 Å². The lowest BCUT2D eigenvalue weighted by molar-refractivity contribution is 0.223. The molecule has 1 aliphatic rings. The van der Waals surface area contributed by atoms with Crippen molar-refractivity contribution in [2.45, 2.75) is 39.2 Å². The van der Waals surface area contributed by atoms with E-state index in [0.29, 0.717) is 12.5 Å². The summed E-state index contributed by atoms with van der Waals surface area (Å²) in [6.07, 6.45) is 4.27. The summed E-state index contributed by atoms with van der Waals surface area (Å²) in [5, 5.41) is 8.38. The van der Waals surface area contributed by atoms with Gasteiger partial charge in [-0.25, -0.2) is 15.3 Å². The Hall–Kier alpha value is -3.32. The van der Waals surface area contributed by atoms with Crippen LogP contribution < -0.4 is 15.9 Å². The van der Waals surface area contributed by atoms with Crippen molar-refractivity contribution in [2.24, 2.45) is 5.84 Å². The summed E-state index contributed by atoms with van der Waals surface area (Å²) in [6, 6.07) is 13.6. The zero-order valence-corrected chi connectivity index (χ0v) is 17.6. The Bertz CT molecular complexity index is 1070. The molecule has 3 N–H and O–H groups in total. The highest BCUT2D eigenvalue weighted by molar-refractivity contribution is 5.89. The summed E-state index contributed by atoms with van der Waals surface area (Å²) in [4.78, 5) is 12.1. The minimum atomic E-state index is -0.362. The molecule has 1 saturated carbocycles. The average molecular weight is 406 g/mol. The number of urea groups is 1. The Labute approximate surface area is 176 Å². The Kier molecular flexibility index (Phi) is 5.46. The molecule has 0 atom stereocenters. The molecule has 30 heavy (non-hydrogen) atoms. The molecular formula is C23H27N5O2. The van der Waals surface area contributed by atoms with Gasteiger partial charge >= 0.3 is 6.03 Å². The minimum absolute atomic E-state index is 0.362. The number of carbonyl (C=O) groups excluding carboxylic acids is 1. The highest BCUT2D eigenvalue weighted by Crippen LogP contribution is 2.43. The van der Waals surface area contributed by atoms with Gasteiger partial charge in [0.1, 0.15) is 12.4 Å². The van der Waals surface area contributed by atoms with Crippen molar-refractivity contribution >= 4 is 11.7 Å². The maximum atomic E-state index is 12.1. The van der Waals surface area contributed by atoms with Crippen LogP contribution in [-0.4, -0.2) is 27.9 Å². The summed E-state index contributed by atoms with van der Waals surface area (Å²) < 4.78 is 8.05. The number of aryl methyl sites for hydroxylation is 2. The Morgan fingerprint density at radius 1 is 1.27 bits per heavy atom. The molecule has 0 spiro atoms. The van der Waals surface area contributed by atoms with Gasteiger partial charge in [-0.05, 0) is 74.1 Å². The topological polar surface area (TPSA) is 85.4 Å². The van der Waals surface area contributed by atoms with Gasteiger partial charge in [0.25, 0.3) is 0 Å². The van der Waals surface area contributed by atoms with Crippen LogP contribution in [0.15, 0.2) is 48.7 Å². The summed E-state index contributed by atoms with van der Waals surface area (Å²) >= 11 is 0. The molecule has 0 saturated heterocycles. The van der Waals surface area contributed by atoms with E-state index in [1.807, 2.05) is 55.1 Å². The van der Waals surface area contributed by atoms with E-state index in [-0.39, 0.29) is 6.03 Å². The lowest BCUT2D eigenvalue weighted by Crippen LogP contribution is -2.37. The molecule has 156 valence electrons. The first-order valence-electron chi connectivity index (χ1n) is 10.1. The molecule has 4 rings (SSSR count). The molecule has 2 aromatic carbocycles. The number of hydrogen-bond acceptors (Lipinski definition) is 4. The first kappa shape index (κ1) is 20.0. The molecule has 0 radical (unpaired) electrons. The second-order valence-electron chi connectivity index (χ2n) is 7.83. The van der Waals surface area contributed by atoms with Gasteiger partial charge in [0.15, 0.2) is 0 Å². The van der Waals surface area contributed by atoms with E-state index in [9.17, 15) is 4.79 Å². The largest absolute Gasteiger partial charge is 0.489 e. The fourth-order valence-corrected chi connectivity index (χ4v) is 3.51. The van der Waals surface area contributed by atoms with Gasteiger partial charge in [0.2, 0.25) is 0 Å². The quantitative estimate of drug-likeness (QED) is 0.364. The zero-order chi connectivity index (χ0) is 21.3. The Balaban J connectivity index is 1.56. The smallest absolute Gasteiger partial charge is 0.335 e. The molecule has 0 aliphatic heterocycles. The lowest BCUT2D eigenvalue weighted by atomic mass is 10.0. The SMILES string of the molecule is Cc1ccn(-c2ccc(OCc3c(NC(=O)N(C)N)cccc3C3CC3)c(C)c2)n1. The zero-order valence-electron chi connectivity index (χ0n) is 17.6. The number of hydrazine groups is 1. The number of aromatic nitrogens is 2. The number of nitrogens with one attached hydrogen (secondary N) is 1. The summed E-state index contributed by atoms with van der Waals surface area (Å²) in [7, 11) is 1.52. The molecule has 1 aromatic heterocycles. The maximum absolute atomic E-state index is 12.1. The van der Waals surface area contributed by atoms with Crippen molar-refractivity contribution in [3.8, 4) is 11.4 Å². The second-order valence-corrected chi connectivity index (χ2v) is 7.83. The number of amides is 2. The van der Waals surface area contributed by atoms with E-state index in [0.717, 1.165) is 51.8 Å². The third-order valence-electron chi connectivity index (χ3n) is 5.31. The summed E-state index contributed by atoms with van der Waals surface area (Å²) in [5.41, 5.74) is 5.96. The maximum Gasteiger partial charge on any atom is 0.335 e. The van der Waals surface area contributed by atoms with Gasteiger partial charge < -0.3 is 10.1 Å². The fourth-order valence-electron chi connectivity index (χ4n) is 3.51. The number of nitrogens with two attached hydrogens (primary N) is 1. The predicted octanol–water partition coefficient (Wildman–Crippen LogP) is 4.28. The van der Waals surface area contributed by atoms with Crippen molar-refractivity contribution in [1.29, 1.82) is 0 Å². The molecule has 0 bridgehead atoms. The second kappa shape index (κ2) is 8.20. The first-order valence-corrected chi connectivity index (χ1v) is 10.1. The number of benzene rings is 2. The van der Waals surface area contributed by atoms with E-state index in [1.54, 1.807) is 0 Å². The Morgan fingerprint density at radius 3 is 2.70 bits per heavy atom. The van der Waals surface area contributed by atoms with Crippen molar-refractivity contribution in [3.63, 3.8) is 0 Å². The van der Waals surface area contributed by atoms with Crippen LogP contribution in [0.25, 0.3) is 5.69 Å². The number of ether oxygens (including phenoxy) is 1. The minimum Gasteiger partial charge on any atom is -0.489 e. The van der Waals surface area contributed by atoms with E-state index >= 15 is 0 Å². The molecule has 1 fully saturated rings. The van der Waals surface area contributed by atoms with Crippen LogP contribution in [0.2, 0.25) is 0 Å². The van der Waals surface area contributed by atoms with Crippen LogP contribution >= 0.6 is 0 Å². The third-order valence-corrected chi connectivity index (χ3v) is 5.31. The molecule has 7 nitrogen and oxygen atoms in total. The van der Waals surface area contributed by atoms with Crippen LogP contribution in [0.5, 0.6) is 5.75 Å². The van der Waals surface area contributed by atoms with E-state index in [4.69, 9.17) is 10.6 Å².